The first-order chi connectivity index (χ1) is 8.90. The second kappa shape index (κ2) is 5.28. The Hall–Kier alpha value is -1.43. The minimum Gasteiger partial charge on any atom is -0.333 e. The van der Waals surface area contributed by atoms with E-state index in [-0.39, 0.29) is 17.6 Å². The van der Waals surface area contributed by atoms with Crippen molar-refractivity contribution in [3.05, 3.63) is 11.6 Å². The van der Waals surface area contributed by atoms with Crippen LogP contribution in [-0.2, 0) is 0 Å². The first-order valence-electron chi connectivity index (χ1n) is 6.83. The van der Waals surface area contributed by atoms with Gasteiger partial charge in [0.05, 0.1) is 0 Å². The number of H-pyrrole nitrogens is 1. The number of aromatic amines is 1. The predicted octanol–water partition coefficient (Wildman–Crippen LogP) is 1.09. The van der Waals surface area contributed by atoms with E-state index in [0.29, 0.717) is 12.1 Å². The van der Waals surface area contributed by atoms with Gasteiger partial charge >= 0.3 is 0 Å². The Kier molecular flexibility index (Phi) is 3.89. The molecule has 1 fully saturated rings. The molecule has 0 saturated carbocycles. The fraction of sp³-hybridized carbons (Fsp3) is 0.769. The summed E-state index contributed by atoms with van der Waals surface area (Å²) in [6.07, 6.45) is 0. The van der Waals surface area contributed by atoms with Crippen LogP contribution in [0.5, 0.6) is 0 Å². The lowest BCUT2D eigenvalue weighted by atomic mass is 10.1. The molecule has 0 aromatic carbocycles. The van der Waals surface area contributed by atoms with Crippen LogP contribution in [0.25, 0.3) is 0 Å². The lowest BCUT2D eigenvalue weighted by Gasteiger charge is -2.42. The van der Waals surface area contributed by atoms with Gasteiger partial charge in [-0.15, -0.1) is 5.10 Å². The highest BCUT2D eigenvalue weighted by atomic mass is 16.2. The van der Waals surface area contributed by atoms with E-state index < -0.39 is 0 Å². The average Bonchev–Trinajstić information content (AvgIpc) is 2.84. The standard InChI is InChI=1S/C13H23N5O/c1-8(2)11-14-12(16-15-11)13(19)18-6-9(3)17(5)10(4)7-18/h8-10H,6-7H2,1-5H3,(H,14,15,16). The van der Waals surface area contributed by atoms with Gasteiger partial charge in [0.2, 0.25) is 5.82 Å². The summed E-state index contributed by atoms with van der Waals surface area (Å²) in [5.74, 6) is 1.22. The van der Waals surface area contributed by atoms with Gasteiger partial charge in [-0.05, 0) is 20.9 Å². The molecule has 1 aliphatic heterocycles. The topological polar surface area (TPSA) is 65.1 Å². The van der Waals surface area contributed by atoms with Crippen LogP contribution >= 0.6 is 0 Å². The predicted molar refractivity (Wildman–Crippen MR) is 73.1 cm³/mol. The van der Waals surface area contributed by atoms with Crippen LogP contribution < -0.4 is 0 Å². The SMILES string of the molecule is CC(C)c1nc(C(=O)N2CC(C)N(C)C(C)C2)n[nH]1. The molecule has 2 atom stereocenters. The molecule has 6 nitrogen and oxygen atoms in total. The number of amides is 1. The molecule has 0 bridgehead atoms. The summed E-state index contributed by atoms with van der Waals surface area (Å²) in [4.78, 5) is 20.8. The monoisotopic (exact) mass is 265 g/mol. The lowest BCUT2D eigenvalue weighted by molar-refractivity contribution is 0.0404. The van der Waals surface area contributed by atoms with E-state index in [2.05, 4.69) is 41.0 Å². The highest BCUT2D eigenvalue weighted by Gasteiger charge is 2.31. The molecule has 19 heavy (non-hydrogen) atoms. The third kappa shape index (κ3) is 2.78. The average molecular weight is 265 g/mol. The summed E-state index contributed by atoms with van der Waals surface area (Å²) in [5, 5.41) is 6.88. The van der Waals surface area contributed by atoms with Crippen LogP contribution in [-0.4, -0.2) is 63.1 Å². The maximum atomic E-state index is 12.4. The summed E-state index contributed by atoms with van der Waals surface area (Å²) in [5.41, 5.74) is 0. The van der Waals surface area contributed by atoms with Gasteiger partial charge < -0.3 is 4.90 Å². The van der Waals surface area contributed by atoms with Crippen LogP contribution in [0.15, 0.2) is 0 Å². The first-order valence-corrected chi connectivity index (χ1v) is 6.83. The molecule has 1 saturated heterocycles. The number of rotatable bonds is 2. The van der Waals surface area contributed by atoms with Crippen LogP contribution in [0.2, 0.25) is 0 Å². The Labute approximate surface area is 114 Å². The summed E-state index contributed by atoms with van der Waals surface area (Å²) in [7, 11) is 2.10. The number of carbonyl (C=O) groups excluding carboxylic acids is 1. The van der Waals surface area contributed by atoms with E-state index in [1.54, 1.807) is 0 Å². The van der Waals surface area contributed by atoms with E-state index in [0.717, 1.165) is 18.9 Å². The number of hydrogen-bond acceptors (Lipinski definition) is 4. The number of nitrogens with zero attached hydrogens (tertiary/aromatic N) is 4. The zero-order valence-electron chi connectivity index (χ0n) is 12.3. The van der Waals surface area contributed by atoms with Gasteiger partial charge in [0.1, 0.15) is 5.82 Å². The number of hydrogen-bond donors (Lipinski definition) is 1. The smallest absolute Gasteiger partial charge is 0.293 e. The van der Waals surface area contributed by atoms with Crippen molar-refractivity contribution in [2.45, 2.75) is 45.7 Å². The molecule has 106 valence electrons. The van der Waals surface area contributed by atoms with E-state index in [1.807, 2.05) is 18.7 Å². The Morgan fingerprint density at radius 2 is 1.89 bits per heavy atom. The number of carbonyl (C=O) groups is 1. The van der Waals surface area contributed by atoms with Crippen molar-refractivity contribution in [3.63, 3.8) is 0 Å². The fourth-order valence-electron chi connectivity index (χ4n) is 2.34. The third-order valence-corrected chi connectivity index (χ3v) is 3.89. The van der Waals surface area contributed by atoms with Crippen molar-refractivity contribution in [2.75, 3.05) is 20.1 Å². The van der Waals surface area contributed by atoms with Gasteiger partial charge in [-0.1, -0.05) is 13.8 Å². The quantitative estimate of drug-likeness (QED) is 0.869. The largest absolute Gasteiger partial charge is 0.333 e. The molecule has 1 aliphatic rings. The van der Waals surface area contributed by atoms with Crippen molar-refractivity contribution < 1.29 is 4.79 Å². The minimum atomic E-state index is -0.0741. The molecule has 1 aromatic heterocycles. The van der Waals surface area contributed by atoms with E-state index in [9.17, 15) is 4.79 Å². The zero-order chi connectivity index (χ0) is 14.2. The van der Waals surface area contributed by atoms with Crippen LogP contribution in [0, 0.1) is 0 Å². The van der Waals surface area contributed by atoms with Gasteiger partial charge in [0.15, 0.2) is 0 Å². The van der Waals surface area contributed by atoms with E-state index in [4.69, 9.17) is 0 Å². The highest BCUT2D eigenvalue weighted by molar-refractivity contribution is 5.90. The van der Waals surface area contributed by atoms with Crippen molar-refractivity contribution in [3.8, 4) is 0 Å². The number of aromatic nitrogens is 3. The van der Waals surface area contributed by atoms with Crippen molar-refractivity contribution in [1.82, 2.24) is 25.0 Å². The number of likely N-dealkylation sites (N-methyl/N-ethyl adjacent to an activating group) is 1. The molecule has 1 aromatic rings. The number of nitrogens with one attached hydrogen (secondary N) is 1. The lowest BCUT2D eigenvalue weighted by Crippen LogP contribution is -2.56. The van der Waals surface area contributed by atoms with E-state index >= 15 is 0 Å². The molecule has 2 unspecified atom stereocenters. The molecule has 1 N–H and O–H groups in total. The third-order valence-electron chi connectivity index (χ3n) is 3.89. The zero-order valence-corrected chi connectivity index (χ0v) is 12.3. The maximum absolute atomic E-state index is 12.4. The molecule has 2 heterocycles. The molecule has 6 heteroatoms. The van der Waals surface area contributed by atoms with Crippen LogP contribution in [0.3, 0.4) is 0 Å². The Morgan fingerprint density at radius 3 is 2.37 bits per heavy atom. The van der Waals surface area contributed by atoms with Crippen LogP contribution in [0.4, 0.5) is 0 Å². The van der Waals surface area contributed by atoms with Gasteiger partial charge in [-0.25, -0.2) is 4.98 Å². The molecule has 0 radical (unpaired) electrons. The minimum absolute atomic E-state index is 0.0741. The number of piperazine rings is 1. The fourth-order valence-corrected chi connectivity index (χ4v) is 2.34. The second-order valence-electron chi connectivity index (χ2n) is 5.77. The first kappa shape index (κ1) is 14.0. The molecular formula is C13H23N5O. The molecular weight excluding hydrogens is 242 g/mol. The Morgan fingerprint density at radius 1 is 1.32 bits per heavy atom. The normalized spacial score (nSPS) is 25.1. The van der Waals surface area contributed by atoms with Gasteiger partial charge in [-0.2, -0.15) is 0 Å². The Balaban J connectivity index is 2.11. The van der Waals surface area contributed by atoms with Crippen molar-refractivity contribution in [2.24, 2.45) is 0 Å². The maximum Gasteiger partial charge on any atom is 0.293 e. The van der Waals surface area contributed by atoms with E-state index in [1.165, 1.54) is 0 Å². The summed E-state index contributed by atoms with van der Waals surface area (Å²) in [6.45, 7) is 9.76. The molecule has 2 rings (SSSR count). The van der Waals surface area contributed by atoms with Crippen molar-refractivity contribution in [1.29, 1.82) is 0 Å². The highest BCUT2D eigenvalue weighted by Crippen LogP contribution is 2.15. The van der Waals surface area contributed by atoms with Gasteiger partial charge in [-0.3, -0.25) is 14.8 Å². The van der Waals surface area contributed by atoms with Crippen molar-refractivity contribution >= 4 is 5.91 Å². The second-order valence-corrected chi connectivity index (χ2v) is 5.77. The molecule has 0 spiro atoms. The van der Waals surface area contributed by atoms with Crippen LogP contribution in [0.1, 0.15) is 50.1 Å². The summed E-state index contributed by atoms with van der Waals surface area (Å²) in [6, 6.07) is 0.715. The summed E-state index contributed by atoms with van der Waals surface area (Å²) < 4.78 is 0. The Bertz CT molecular complexity index is 444. The molecule has 1 amide bonds. The molecule has 0 aliphatic carbocycles. The summed E-state index contributed by atoms with van der Waals surface area (Å²) >= 11 is 0. The van der Waals surface area contributed by atoms with Gasteiger partial charge in [0.25, 0.3) is 5.91 Å². The van der Waals surface area contributed by atoms with Gasteiger partial charge in [0, 0.05) is 31.1 Å².